The maximum Gasteiger partial charge on any atom is 0.341 e. The Balaban J connectivity index is 1.42. The first kappa shape index (κ1) is 25.6. The Morgan fingerprint density at radius 2 is 1.50 bits per heavy atom. The average Bonchev–Trinajstić information content (AvgIpc) is 3.30. The molecule has 0 saturated carbocycles. The zero-order chi connectivity index (χ0) is 25.2. The average molecular weight is 515 g/mol. The molecular weight excluding hydrogens is 484 g/mol. The molecule has 0 saturated heterocycles. The van der Waals surface area contributed by atoms with Gasteiger partial charge in [0.05, 0.1) is 12.2 Å². The second kappa shape index (κ2) is 13.0. The van der Waals surface area contributed by atoms with Gasteiger partial charge in [-0.1, -0.05) is 91.0 Å². The summed E-state index contributed by atoms with van der Waals surface area (Å²) in [4.78, 5) is 13.7. The second-order valence-electron chi connectivity index (χ2n) is 8.38. The summed E-state index contributed by atoms with van der Waals surface area (Å²) >= 11 is 7.13. The topological polar surface area (TPSA) is 50.4 Å². The summed E-state index contributed by atoms with van der Waals surface area (Å²) in [5, 5.41) is 7.78. The van der Waals surface area contributed by atoms with Crippen LogP contribution in [0.15, 0.2) is 97.1 Å². The molecule has 4 nitrogen and oxygen atoms in total. The molecule has 1 aromatic heterocycles. The largest absolute Gasteiger partial charge is 0.462 e. The van der Waals surface area contributed by atoms with Gasteiger partial charge in [0, 0.05) is 23.8 Å². The summed E-state index contributed by atoms with van der Waals surface area (Å²) in [5.41, 5.74) is 4.26. The van der Waals surface area contributed by atoms with Crippen molar-refractivity contribution in [3.8, 4) is 0 Å². The minimum atomic E-state index is -0.341. The second-order valence-corrected chi connectivity index (χ2v) is 9.93. The molecule has 184 valence electrons. The summed E-state index contributed by atoms with van der Waals surface area (Å²) in [6, 6.07) is 33.2. The van der Waals surface area contributed by atoms with Crippen LogP contribution in [0.5, 0.6) is 0 Å². The van der Waals surface area contributed by atoms with Gasteiger partial charge in [-0.2, -0.15) is 0 Å². The molecule has 0 atom stereocenters. The van der Waals surface area contributed by atoms with E-state index in [2.05, 4.69) is 71.3 Å². The number of thiocarbonyl (C=S) groups is 1. The predicted octanol–water partition coefficient (Wildman–Crippen LogP) is 7.02. The molecular formula is C30H30N2O2S2. The lowest BCUT2D eigenvalue weighted by Gasteiger charge is -2.19. The van der Waals surface area contributed by atoms with Crippen molar-refractivity contribution in [2.75, 3.05) is 18.5 Å². The van der Waals surface area contributed by atoms with Gasteiger partial charge in [0.25, 0.3) is 0 Å². The van der Waals surface area contributed by atoms with Crippen LogP contribution in [-0.2, 0) is 11.2 Å². The molecule has 1 heterocycles. The Labute approximate surface area is 222 Å². The number of hydrogen-bond donors (Lipinski definition) is 2. The highest BCUT2D eigenvalue weighted by Crippen LogP contribution is 2.31. The molecule has 0 aliphatic heterocycles. The monoisotopic (exact) mass is 514 g/mol. The van der Waals surface area contributed by atoms with Crippen LogP contribution in [0.4, 0.5) is 5.00 Å². The third-order valence-electron chi connectivity index (χ3n) is 5.85. The zero-order valence-electron chi connectivity index (χ0n) is 20.3. The van der Waals surface area contributed by atoms with E-state index in [-0.39, 0.29) is 11.9 Å². The van der Waals surface area contributed by atoms with E-state index in [4.69, 9.17) is 17.0 Å². The van der Waals surface area contributed by atoms with Gasteiger partial charge in [-0.25, -0.2) is 4.79 Å². The first-order valence-corrected chi connectivity index (χ1v) is 13.3. The number of nitrogens with one attached hydrogen (secondary N) is 2. The Hall–Kier alpha value is -3.48. The third kappa shape index (κ3) is 7.03. The van der Waals surface area contributed by atoms with Crippen LogP contribution in [-0.4, -0.2) is 24.2 Å². The molecule has 0 spiro atoms. The quantitative estimate of drug-likeness (QED) is 0.176. The van der Waals surface area contributed by atoms with Crippen molar-refractivity contribution in [2.45, 2.75) is 25.7 Å². The number of hydrogen-bond acceptors (Lipinski definition) is 4. The van der Waals surface area contributed by atoms with Crippen LogP contribution < -0.4 is 10.6 Å². The minimum absolute atomic E-state index is 0.261. The van der Waals surface area contributed by atoms with Crippen molar-refractivity contribution >= 4 is 39.6 Å². The lowest BCUT2D eigenvalue weighted by Crippen LogP contribution is -2.30. The van der Waals surface area contributed by atoms with Crippen LogP contribution in [0.25, 0.3) is 0 Å². The third-order valence-corrected chi connectivity index (χ3v) is 7.15. The number of carbonyl (C=O) groups is 1. The molecule has 6 heteroatoms. The van der Waals surface area contributed by atoms with Crippen molar-refractivity contribution in [3.05, 3.63) is 124 Å². The van der Waals surface area contributed by atoms with E-state index >= 15 is 0 Å². The van der Waals surface area contributed by atoms with E-state index in [1.807, 2.05) is 43.3 Å². The first-order valence-electron chi connectivity index (χ1n) is 12.1. The van der Waals surface area contributed by atoms with Gasteiger partial charge in [-0.3, -0.25) is 0 Å². The van der Waals surface area contributed by atoms with E-state index in [1.165, 1.54) is 28.0 Å². The summed E-state index contributed by atoms with van der Waals surface area (Å²) in [6.07, 6.45) is 1.62. The number of carbonyl (C=O) groups excluding carboxylic acids is 1. The van der Waals surface area contributed by atoms with Gasteiger partial charge >= 0.3 is 5.97 Å². The lowest BCUT2D eigenvalue weighted by atomic mass is 9.88. The Morgan fingerprint density at radius 1 is 0.917 bits per heavy atom. The number of benzene rings is 3. The van der Waals surface area contributed by atoms with Crippen LogP contribution >= 0.6 is 23.6 Å². The molecule has 0 bridgehead atoms. The minimum Gasteiger partial charge on any atom is -0.462 e. The predicted molar refractivity (Wildman–Crippen MR) is 153 cm³/mol. The summed E-state index contributed by atoms with van der Waals surface area (Å²) in [7, 11) is 0. The summed E-state index contributed by atoms with van der Waals surface area (Å²) in [6.45, 7) is 2.83. The molecule has 0 unspecified atom stereocenters. The van der Waals surface area contributed by atoms with Crippen molar-refractivity contribution in [3.63, 3.8) is 0 Å². The van der Waals surface area contributed by atoms with E-state index in [0.717, 1.165) is 17.7 Å². The fourth-order valence-corrected chi connectivity index (χ4v) is 5.51. The number of esters is 1. The van der Waals surface area contributed by atoms with Crippen LogP contribution in [0, 0.1) is 0 Å². The number of ether oxygens (including phenoxy) is 1. The Bertz CT molecular complexity index is 1220. The molecule has 0 aliphatic rings. The smallest absolute Gasteiger partial charge is 0.341 e. The summed E-state index contributed by atoms with van der Waals surface area (Å²) in [5.74, 6) is -0.0800. The van der Waals surface area contributed by atoms with E-state index in [9.17, 15) is 4.79 Å². The number of anilines is 1. The van der Waals surface area contributed by atoms with E-state index in [0.29, 0.717) is 28.8 Å². The molecule has 0 aliphatic carbocycles. The normalized spacial score (nSPS) is 10.7. The van der Waals surface area contributed by atoms with Gasteiger partial charge < -0.3 is 15.4 Å². The molecule has 0 fully saturated rings. The zero-order valence-corrected chi connectivity index (χ0v) is 21.9. The first-order chi connectivity index (χ1) is 17.6. The van der Waals surface area contributed by atoms with Gasteiger partial charge in [-0.05, 0) is 48.3 Å². The van der Waals surface area contributed by atoms with Crippen molar-refractivity contribution in [1.82, 2.24) is 5.32 Å². The van der Waals surface area contributed by atoms with Gasteiger partial charge in [0.15, 0.2) is 5.11 Å². The number of thiophene rings is 1. The van der Waals surface area contributed by atoms with Gasteiger partial charge in [-0.15, -0.1) is 11.3 Å². The number of rotatable bonds is 10. The van der Waals surface area contributed by atoms with Crippen molar-refractivity contribution in [1.29, 1.82) is 0 Å². The molecule has 4 rings (SSSR count). The SMILES string of the molecule is CCOC(=O)c1cc(Cc2ccccc2)sc1NC(=S)NCCC(c1ccccc1)c1ccccc1. The van der Waals surface area contributed by atoms with Crippen molar-refractivity contribution < 1.29 is 9.53 Å². The molecule has 0 radical (unpaired) electrons. The molecule has 2 N–H and O–H groups in total. The fourth-order valence-electron chi connectivity index (χ4n) is 4.15. The molecule has 36 heavy (non-hydrogen) atoms. The van der Waals surface area contributed by atoms with Gasteiger partial charge in [0.2, 0.25) is 0 Å². The highest BCUT2D eigenvalue weighted by molar-refractivity contribution is 7.80. The maximum absolute atomic E-state index is 12.6. The summed E-state index contributed by atoms with van der Waals surface area (Å²) < 4.78 is 5.29. The van der Waals surface area contributed by atoms with Crippen LogP contribution in [0.3, 0.4) is 0 Å². The van der Waals surface area contributed by atoms with Crippen LogP contribution in [0.2, 0.25) is 0 Å². The highest BCUT2D eigenvalue weighted by Gasteiger charge is 2.19. The van der Waals surface area contributed by atoms with Crippen molar-refractivity contribution in [2.24, 2.45) is 0 Å². The lowest BCUT2D eigenvalue weighted by molar-refractivity contribution is 0.0528. The van der Waals surface area contributed by atoms with E-state index in [1.54, 1.807) is 0 Å². The molecule has 0 amide bonds. The highest BCUT2D eigenvalue weighted by atomic mass is 32.1. The van der Waals surface area contributed by atoms with E-state index < -0.39 is 0 Å². The molecule has 3 aromatic carbocycles. The fraction of sp³-hybridized carbons (Fsp3) is 0.200. The molecule has 4 aromatic rings. The van der Waals surface area contributed by atoms with Gasteiger partial charge in [0.1, 0.15) is 5.00 Å². The Kier molecular flexibility index (Phi) is 9.25. The van der Waals surface area contributed by atoms with Crippen LogP contribution in [0.1, 0.15) is 51.2 Å². The Morgan fingerprint density at radius 3 is 2.08 bits per heavy atom. The maximum atomic E-state index is 12.6. The standard InChI is InChI=1S/C30H30N2O2S2/c1-2-34-29(33)27-21-25(20-22-12-6-3-7-13-22)36-28(27)32-30(35)31-19-18-26(23-14-8-4-9-15-23)24-16-10-5-11-17-24/h3-17,21,26H,2,18-20H2,1H3,(H2,31,32,35).